The van der Waals surface area contributed by atoms with Gasteiger partial charge in [-0.25, -0.2) is 0 Å². The summed E-state index contributed by atoms with van der Waals surface area (Å²) in [5.41, 5.74) is 4.25. The summed E-state index contributed by atoms with van der Waals surface area (Å²) >= 11 is 0. The lowest BCUT2D eigenvalue weighted by Crippen LogP contribution is -1.97. The first-order valence-corrected chi connectivity index (χ1v) is 8.45. The van der Waals surface area contributed by atoms with Gasteiger partial charge in [0.15, 0.2) is 5.78 Å². The van der Waals surface area contributed by atoms with Gasteiger partial charge in [-0.15, -0.1) is 0 Å². The third-order valence-electron chi connectivity index (χ3n) is 4.49. The maximum Gasteiger partial charge on any atom is 0.163 e. The van der Waals surface area contributed by atoms with Crippen LogP contribution in [0.2, 0.25) is 0 Å². The Morgan fingerprint density at radius 2 is 1.50 bits per heavy atom. The summed E-state index contributed by atoms with van der Waals surface area (Å²) in [6, 6.07) is 23.8. The second kappa shape index (κ2) is 6.52. The van der Waals surface area contributed by atoms with Gasteiger partial charge in [-0.05, 0) is 24.6 Å². The zero-order chi connectivity index (χ0) is 18.1. The lowest BCUT2D eigenvalue weighted by molar-refractivity contribution is 0.101. The molecule has 128 valence electrons. The van der Waals surface area contributed by atoms with E-state index in [1.54, 1.807) is 13.2 Å². The Labute approximate surface area is 151 Å². The summed E-state index contributed by atoms with van der Waals surface area (Å²) in [6.07, 6.45) is 0. The maximum absolute atomic E-state index is 12.0. The molecule has 0 aliphatic heterocycles. The van der Waals surface area contributed by atoms with Crippen molar-refractivity contribution in [3.63, 3.8) is 0 Å². The Morgan fingerprint density at radius 3 is 2.08 bits per heavy atom. The molecule has 0 saturated heterocycles. The summed E-state index contributed by atoms with van der Waals surface area (Å²) in [5, 5.41) is 0.928. The predicted octanol–water partition coefficient (Wildman–Crippen LogP) is 5.98. The van der Waals surface area contributed by atoms with Crippen LogP contribution in [0, 0.1) is 0 Å². The van der Waals surface area contributed by atoms with E-state index in [9.17, 15) is 4.79 Å². The molecule has 3 heteroatoms. The number of methoxy groups -OCH3 is 1. The first kappa shape index (κ1) is 16.2. The highest BCUT2D eigenvalue weighted by Gasteiger charge is 2.20. The maximum atomic E-state index is 12.0. The van der Waals surface area contributed by atoms with Crippen molar-refractivity contribution in [2.24, 2.45) is 0 Å². The fourth-order valence-electron chi connectivity index (χ4n) is 3.25. The van der Waals surface area contributed by atoms with Crippen molar-refractivity contribution < 1.29 is 13.9 Å². The molecule has 4 aromatic rings. The number of benzene rings is 3. The van der Waals surface area contributed by atoms with Gasteiger partial charge >= 0.3 is 0 Å². The second-order valence-electron chi connectivity index (χ2n) is 6.14. The normalized spacial score (nSPS) is 10.8. The highest BCUT2D eigenvalue weighted by molar-refractivity contribution is 6.07. The average Bonchev–Trinajstić information content (AvgIpc) is 3.06. The van der Waals surface area contributed by atoms with Crippen molar-refractivity contribution in [2.45, 2.75) is 6.92 Å². The molecule has 0 aliphatic rings. The van der Waals surface area contributed by atoms with Crippen LogP contribution in [-0.4, -0.2) is 12.9 Å². The number of rotatable bonds is 4. The second-order valence-corrected chi connectivity index (χ2v) is 6.14. The van der Waals surface area contributed by atoms with Crippen LogP contribution < -0.4 is 4.74 Å². The Hall–Kier alpha value is -3.33. The van der Waals surface area contributed by atoms with Gasteiger partial charge in [0.2, 0.25) is 0 Å². The third kappa shape index (κ3) is 2.68. The first-order valence-electron chi connectivity index (χ1n) is 8.45. The van der Waals surface area contributed by atoms with E-state index in [4.69, 9.17) is 9.15 Å². The van der Waals surface area contributed by atoms with E-state index in [-0.39, 0.29) is 5.78 Å². The SMILES string of the molecule is COc1cc2c(-c3ccccc3)c(-c3ccccc3)oc2cc1C(C)=O. The van der Waals surface area contributed by atoms with E-state index < -0.39 is 0 Å². The summed E-state index contributed by atoms with van der Waals surface area (Å²) in [4.78, 5) is 12.0. The molecular formula is C23H18O3. The molecule has 0 atom stereocenters. The minimum atomic E-state index is -0.0531. The highest BCUT2D eigenvalue weighted by Crippen LogP contribution is 2.42. The Bertz CT molecular complexity index is 1080. The fourth-order valence-corrected chi connectivity index (χ4v) is 3.25. The molecule has 0 fully saturated rings. The molecule has 1 aromatic heterocycles. The number of hydrogen-bond acceptors (Lipinski definition) is 3. The highest BCUT2D eigenvalue weighted by atomic mass is 16.5. The van der Waals surface area contributed by atoms with Gasteiger partial charge < -0.3 is 9.15 Å². The summed E-state index contributed by atoms with van der Waals surface area (Å²) in [5.74, 6) is 1.29. The van der Waals surface area contributed by atoms with Crippen LogP contribution in [0.4, 0.5) is 0 Å². The van der Waals surface area contributed by atoms with E-state index in [1.165, 1.54) is 6.92 Å². The number of Topliss-reactive ketones (excluding diaryl/α,β-unsaturated/α-hetero) is 1. The third-order valence-corrected chi connectivity index (χ3v) is 4.49. The molecule has 0 aliphatic carbocycles. The lowest BCUT2D eigenvalue weighted by atomic mass is 9.97. The molecule has 0 spiro atoms. The van der Waals surface area contributed by atoms with Gasteiger partial charge in [0, 0.05) is 16.5 Å². The van der Waals surface area contributed by atoms with Crippen LogP contribution in [0.5, 0.6) is 5.75 Å². The van der Waals surface area contributed by atoms with E-state index in [1.807, 2.05) is 54.6 Å². The van der Waals surface area contributed by atoms with Gasteiger partial charge in [-0.3, -0.25) is 4.79 Å². The molecule has 0 unspecified atom stereocenters. The van der Waals surface area contributed by atoms with Crippen LogP contribution in [0.25, 0.3) is 33.4 Å². The van der Waals surface area contributed by atoms with Crippen molar-refractivity contribution in [3.8, 4) is 28.2 Å². The van der Waals surface area contributed by atoms with Crippen molar-refractivity contribution in [1.82, 2.24) is 0 Å². The standard InChI is InChI=1S/C23H18O3/c1-15(24)18-13-21-19(14-20(18)25-2)22(16-9-5-3-6-10-16)23(26-21)17-11-7-4-8-12-17/h3-14H,1-2H3. The van der Waals surface area contributed by atoms with E-state index >= 15 is 0 Å². The van der Waals surface area contributed by atoms with E-state index in [2.05, 4.69) is 12.1 Å². The Kier molecular flexibility index (Phi) is 4.05. The van der Waals surface area contributed by atoms with Gasteiger partial charge in [0.25, 0.3) is 0 Å². The van der Waals surface area contributed by atoms with Crippen molar-refractivity contribution in [2.75, 3.05) is 7.11 Å². The minimum absolute atomic E-state index is 0.0531. The number of hydrogen-bond donors (Lipinski definition) is 0. The monoisotopic (exact) mass is 342 g/mol. The molecular weight excluding hydrogens is 324 g/mol. The van der Waals surface area contributed by atoms with Gasteiger partial charge in [0.05, 0.1) is 12.7 Å². The molecule has 4 rings (SSSR count). The van der Waals surface area contributed by atoms with Crippen LogP contribution in [-0.2, 0) is 0 Å². The number of fused-ring (bicyclic) bond motifs is 1. The zero-order valence-electron chi connectivity index (χ0n) is 14.7. The summed E-state index contributed by atoms with van der Waals surface area (Å²) in [7, 11) is 1.58. The summed E-state index contributed by atoms with van der Waals surface area (Å²) < 4.78 is 11.7. The smallest absolute Gasteiger partial charge is 0.163 e. The van der Waals surface area contributed by atoms with Crippen molar-refractivity contribution in [3.05, 3.63) is 78.4 Å². The quantitative estimate of drug-likeness (QED) is 0.428. The molecule has 0 saturated carbocycles. The van der Waals surface area contributed by atoms with Crippen LogP contribution >= 0.6 is 0 Å². The molecule has 3 nitrogen and oxygen atoms in total. The topological polar surface area (TPSA) is 39.4 Å². The summed E-state index contributed by atoms with van der Waals surface area (Å²) in [6.45, 7) is 1.53. The predicted molar refractivity (Wildman–Crippen MR) is 104 cm³/mol. The van der Waals surface area contributed by atoms with Crippen LogP contribution in [0.3, 0.4) is 0 Å². The molecule has 0 bridgehead atoms. The van der Waals surface area contributed by atoms with Gasteiger partial charge in [-0.2, -0.15) is 0 Å². The molecule has 0 radical (unpaired) electrons. The molecule has 1 heterocycles. The van der Waals surface area contributed by atoms with Gasteiger partial charge in [0.1, 0.15) is 17.1 Å². The number of furan rings is 1. The fraction of sp³-hybridized carbons (Fsp3) is 0.0870. The van der Waals surface area contributed by atoms with Crippen molar-refractivity contribution >= 4 is 16.8 Å². The molecule has 3 aromatic carbocycles. The lowest BCUT2D eigenvalue weighted by Gasteiger charge is -2.07. The Morgan fingerprint density at radius 1 is 0.885 bits per heavy atom. The largest absolute Gasteiger partial charge is 0.496 e. The molecule has 0 amide bonds. The van der Waals surface area contributed by atoms with Crippen LogP contribution in [0.15, 0.2) is 77.2 Å². The van der Waals surface area contributed by atoms with E-state index in [0.717, 1.165) is 27.8 Å². The number of carbonyl (C=O) groups excluding carboxylic acids is 1. The number of ketones is 1. The van der Waals surface area contributed by atoms with Gasteiger partial charge in [-0.1, -0.05) is 60.7 Å². The molecule has 0 N–H and O–H groups in total. The zero-order valence-corrected chi connectivity index (χ0v) is 14.7. The van der Waals surface area contributed by atoms with E-state index in [0.29, 0.717) is 16.9 Å². The van der Waals surface area contributed by atoms with Crippen LogP contribution in [0.1, 0.15) is 17.3 Å². The Balaban J connectivity index is 2.09. The molecule has 26 heavy (non-hydrogen) atoms. The van der Waals surface area contributed by atoms with Crippen molar-refractivity contribution in [1.29, 1.82) is 0 Å². The first-order chi connectivity index (χ1) is 12.7. The number of carbonyl (C=O) groups is 1. The minimum Gasteiger partial charge on any atom is -0.496 e. The average molecular weight is 342 g/mol. The number of ether oxygens (including phenoxy) is 1.